The summed E-state index contributed by atoms with van der Waals surface area (Å²) in [7, 11) is 0. The molecule has 0 fully saturated rings. The van der Waals surface area contributed by atoms with Crippen LogP contribution in [0.3, 0.4) is 0 Å². The maximum atomic E-state index is 12.1. The summed E-state index contributed by atoms with van der Waals surface area (Å²) in [4.78, 5) is 29.7. The molecule has 0 aliphatic rings. The second-order valence-electron chi connectivity index (χ2n) is 5.80. The maximum Gasteiger partial charge on any atom is 0.252 e. The van der Waals surface area contributed by atoms with Crippen LogP contribution in [0.5, 0.6) is 5.75 Å². The normalized spacial score (nSPS) is 10.4. The molecular formula is C19H23N3O3. The average molecular weight is 341 g/mol. The summed E-state index contributed by atoms with van der Waals surface area (Å²) >= 11 is 0. The highest BCUT2D eigenvalue weighted by molar-refractivity contribution is 5.95. The van der Waals surface area contributed by atoms with Gasteiger partial charge in [0.15, 0.2) is 0 Å². The minimum atomic E-state index is -0.219. The predicted octanol–water partition coefficient (Wildman–Crippen LogP) is 2.65. The molecule has 0 atom stereocenters. The molecule has 6 nitrogen and oxygen atoms in total. The molecule has 2 rings (SSSR count). The van der Waals surface area contributed by atoms with Crippen LogP contribution in [0.2, 0.25) is 0 Å². The van der Waals surface area contributed by atoms with Crippen LogP contribution in [0.25, 0.3) is 0 Å². The van der Waals surface area contributed by atoms with E-state index >= 15 is 0 Å². The Morgan fingerprint density at radius 2 is 1.96 bits per heavy atom. The number of hydrogen-bond acceptors (Lipinski definition) is 4. The Morgan fingerprint density at radius 1 is 1.20 bits per heavy atom. The van der Waals surface area contributed by atoms with Crippen LogP contribution in [0.4, 0.5) is 5.69 Å². The van der Waals surface area contributed by atoms with Gasteiger partial charge in [-0.15, -0.1) is 0 Å². The summed E-state index contributed by atoms with van der Waals surface area (Å²) < 4.78 is 5.78. The van der Waals surface area contributed by atoms with Gasteiger partial charge in [-0.05, 0) is 38.1 Å². The van der Waals surface area contributed by atoms with Crippen LogP contribution in [-0.4, -0.2) is 36.0 Å². The van der Waals surface area contributed by atoms with Gasteiger partial charge in [-0.3, -0.25) is 14.6 Å². The number of anilines is 1. The fourth-order valence-corrected chi connectivity index (χ4v) is 2.36. The molecule has 6 heteroatoms. The molecule has 0 radical (unpaired) electrons. The van der Waals surface area contributed by atoms with E-state index in [1.54, 1.807) is 23.2 Å². The fourth-order valence-electron chi connectivity index (χ4n) is 2.36. The van der Waals surface area contributed by atoms with Gasteiger partial charge in [0.1, 0.15) is 5.75 Å². The molecule has 0 saturated heterocycles. The number of para-hydroxylation sites is 2. The lowest BCUT2D eigenvalue weighted by atomic mass is 10.2. The Balaban J connectivity index is 2.05. The number of rotatable bonds is 7. The van der Waals surface area contributed by atoms with Crippen molar-refractivity contribution in [2.75, 3.05) is 18.0 Å². The first-order chi connectivity index (χ1) is 12.0. The lowest BCUT2D eigenvalue weighted by Gasteiger charge is -2.24. The summed E-state index contributed by atoms with van der Waals surface area (Å²) in [5.41, 5.74) is 1.18. The SMILES string of the molecule is CC(=O)N(CCNC(=O)c1cccnc1)c1ccccc1OC(C)C. The van der Waals surface area contributed by atoms with Gasteiger partial charge < -0.3 is 15.0 Å². The van der Waals surface area contributed by atoms with E-state index < -0.39 is 0 Å². The van der Waals surface area contributed by atoms with Gasteiger partial charge >= 0.3 is 0 Å². The number of hydrogen-bond donors (Lipinski definition) is 1. The molecule has 0 unspecified atom stereocenters. The van der Waals surface area contributed by atoms with E-state index in [9.17, 15) is 9.59 Å². The standard InChI is InChI=1S/C19H23N3O3/c1-14(2)25-18-9-5-4-8-17(18)22(15(3)23)12-11-21-19(24)16-7-6-10-20-13-16/h4-10,13-14H,11-12H2,1-3H3,(H,21,24). The van der Waals surface area contributed by atoms with Crippen molar-refractivity contribution in [3.05, 3.63) is 54.4 Å². The molecule has 25 heavy (non-hydrogen) atoms. The molecule has 1 N–H and O–H groups in total. The van der Waals surface area contributed by atoms with E-state index in [2.05, 4.69) is 10.3 Å². The summed E-state index contributed by atoms with van der Waals surface area (Å²) in [6, 6.07) is 10.8. The third-order valence-corrected chi connectivity index (χ3v) is 3.44. The molecule has 132 valence electrons. The Bertz CT molecular complexity index is 717. The van der Waals surface area contributed by atoms with Gasteiger partial charge in [-0.2, -0.15) is 0 Å². The van der Waals surface area contributed by atoms with E-state index in [4.69, 9.17) is 4.74 Å². The molecule has 1 aromatic heterocycles. The zero-order valence-electron chi connectivity index (χ0n) is 14.7. The molecular weight excluding hydrogens is 318 g/mol. The molecule has 0 saturated carbocycles. The van der Waals surface area contributed by atoms with Gasteiger partial charge in [0.25, 0.3) is 5.91 Å². The number of pyridine rings is 1. The number of carbonyl (C=O) groups excluding carboxylic acids is 2. The van der Waals surface area contributed by atoms with Crippen LogP contribution >= 0.6 is 0 Å². The van der Waals surface area contributed by atoms with Gasteiger partial charge in [0.2, 0.25) is 5.91 Å². The highest BCUT2D eigenvalue weighted by Gasteiger charge is 2.17. The van der Waals surface area contributed by atoms with Crippen LogP contribution < -0.4 is 15.0 Å². The van der Waals surface area contributed by atoms with E-state index in [1.165, 1.54) is 13.1 Å². The first kappa shape index (κ1) is 18.4. The van der Waals surface area contributed by atoms with Crippen molar-refractivity contribution in [1.82, 2.24) is 10.3 Å². The average Bonchev–Trinajstić information content (AvgIpc) is 2.59. The lowest BCUT2D eigenvalue weighted by molar-refractivity contribution is -0.116. The number of nitrogens with zero attached hydrogens (tertiary/aromatic N) is 2. The van der Waals surface area contributed by atoms with Crippen molar-refractivity contribution < 1.29 is 14.3 Å². The Morgan fingerprint density at radius 3 is 2.60 bits per heavy atom. The first-order valence-electron chi connectivity index (χ1n) is 8.21. The van der Waals surface area contributed by atoms with Crippen molar-refractivity contribution in [2.45, 2.75) is 26.9 Å². The second-order valence-corrected chi connectivity index (χ2v) is 5.80. The van der Waals surface area contributed by atoms with Crippen molar-refractivity contribution in [3.8, 4) is 5.75 Å². The van der Waals surface area contributed by atoms with E-state index in [-0.39, 0.29) is 17.9 Å². The monoisotopic (exact) mass is 341 g/mol. The molecule has 0 aliphatic heterocycles. The molecule has 0 spiro atoms. The van der Waals surface area contributed by atoms with Crippen LogP contribution in [0.15, 0.2) is 48.8 Å². The Kier molecular flexibility index (Phi) is 6.51. The van der Waals surface area contributed by atoms with Gasteiger partial charge in [-0.25, -0.2) is 0 Å². The van der Waals surface area contributed by atoms with Crippen molar-refractivity contribution in [3.63, 3.8) is 0 Å². The Hall–Kier alpha value is -2.89. The third kappa shape index (κ3) is 5.31. The van der Waals surface area contributed by atoms with E-state index in [1.807, 2.05) is 38.1 Å². The Labute approximate surface area is 147 Å². The number of ether oxygens (including phenoxy) is 1. The zero-order valence-corrected chi connectivity index (χ0v) is 14.7. The summed E-state index contributed by atoms with van der Waals surface area (Å²) in [6.45, 7) is 6.03. The largest absolute Gasteiger partial charge is 0.489 e. The van der Waals surface area contributed by atoms with Crippen LogP contribution in [-0.2, 0) is 4.79 Å². The van der Waals surface area contributed by atoms with E-state index in [0.717, 1.165) is 0 Å². The molecule has 1 aromatic carbocycles. The number of benzene rings is 1. The van der Waals surface area contributed by atoms with E-state index in [0.29, 0.717) is 30.1 Å². The summed E-state index contributed by atoms with van der Waals surface area (Å²) in [6.07, 6.45) is 3.12. The first-order valence-corrected chi connectivity index (χ1v) is 8.21. The summed E-state index contributed by atoms with van der Waals surface area (Å²) in [5, 5.41) is 2.80. The minimum Gasteiger partial charge on any atom is -0.489 e. The van der Waals surface area contributed by atoms with Crippen molar-refractivity contribution in [2.24, 2.45) is 0 Å². The van der Waals surface area contributed by atoms with Crippen LogP contribution in [0.1, 0.15) is 31.1 Å². The molecule has 2 aromatic rings. The van der Waals surface area contributed by atoms with Crippen molar-refractivity contribution >= 4 is 17.5 Å². The predicted molar refractivity (Wildman–Crippen MR) is 96.8 cm³/mol. The maximum absolute atomic E-state index is 12.1. The molecule has 2 amide bonds. The number of aromatic nitrogens is 1. The topological polar surface area (TPSA) is 71.5 Å². The zero-order chi connectivity index (χ0) is 18.2. The fraction of sp³-hybridized carbons (Fsp3) is 0.316. The number of nitrogens with one attached hydrogen (secondary N) is 1. The van der Waals surface area contributed by atoms with Gasteiger partial charge in [-0.1, -0.05) is 12.1 Å². The van der Waals surface area contributed by atoms with Gasteiger partial charge in [0, 0.05) is 32.4 Å². The molecule has 1 heterocycles. The highest BCUT2D eigenvalue weighted by Crippen LogP contribution is 2.28. The smallest absolute Gasteiger partial charge is 0.252 e. The molecule has 0 bridgehead atoms. The number of carbonyl (C=O) groups is 2. The van der Waals surface area contributed by atoms with Gasteiger partial charge in [0.05, 0.1) is 17.4 Å². The lowest BCUT2D eigenvalue weighted by Crippen LogP contribution is -2.37. The van der Waals surface area contributed by atoms with Crippen molar-refractivity contribution in [1.29, 1.82) is 0 Å². The molecule has 0 aliphatic carbocycles. The third-order valence-electron chi connectivity index (χ3n) is 3.44. The number of amides is 2. The second kappa shape index (κ2) is 8.82. The highest BCUT2D eigenvalue weighted by atomic mass is 16.5. The van der Waals surface area contributed by atoms with Crippen LogP contribution in [0, 0.1) is 0 Å². The quantitative estimate of drug-likeness (QED) is 0.840. The minimum absolute atomic E-state index is 0.000224. The summed E-state index contributed by atoms with van der Waals surface area (Å²) in [5.74, 6) is 0.310.